The van der Waals surface area contributed by atoms with E-state index < -0.39 is 0 Å². The van der Waals surface area contributed by atoms with Crippen molar-refractivity contribution in [1.82, 2.24) is 0 Å². The van der Waals surface area contributed by atoms with Gasteiger partial charge in [0.25, 0.3) is 0 Å². The molecule has 54 valence electrons. The van der Waals surface area contributed by atoms with E-state index >= 15 is 0 Å². The minimum Gasteiger partial charge on any atom is -0.0811 e. The van der Waals surface area contributed by atoms with Crippen LogP contribution in [0.2, 0.25) is 0 Å². The van der Waals surface area contributed by atoms with Crippen LogP contribution in [0.25, 0.3) is 0 Å². The molecule has 1 aromatic rings. The van der Waals surface area contributed by atoms with Crippen molar-refractivity contribution in [2.45, 2.75) is 11.4 Å². The van der Waals surface area contributed by atoms with E-state index in [1.807, 2.05) is 0 Å². The van der Waals surface area contributed by atoms with Crippen molar-refractivity contribution in [2.75, 3.05) is 0 Å². The van der Waals surface area contributed by atoms with Crippen LogP contribution in [0.5, 0.6) is 0 Å². The highest BCUT2D eigenvalue weighted by Crippen LogP contribution is 2.18. The molecule has 0 atom stereocenters. The monoisotopic (exact) mass is 358 g/mol. The van der Waals surface area contributed by atoms with Crippen LogP contribution in [0.15, 0.2) is 18.2 Å². The van der Waals surface area contributed by atoms with Crippen LogP contribution < -0.4 is 0 Å². The van der Waals surface area contributed by atoms with Crippen LogP contribution in [-0.2, 0) is 4.43 Å². The Balaban J connectivity index is 3.17. The van der Waals surface area contributed by atoms with Crippen molar-refractivity contribution >= 4 is 45.2 Å². The molecule has 0 unspecified atom stereocenters. The van der Waals surface area contributed by atoms with E-state index in [-0.39, 0.29) is 0 Å². The van der Waals surface area contributed by atoms with Gasteiger partial charge in [-0.3, -0.25) is 0 Å². The fourth-order valence-electron chi connectivity index (χ4n) is 0.836. The second-order valence-electron chi connectivity index (χ2n) is 2.17. The van der Waals surface area contributed by atoms with Gasteiger partial charge >= 0.3 is 0 Å². The van der Waals surface area contributed by atoms with Crippen molar-refractivity contribution < 1.29 is 0 Å². The smallest absolute Gasteiger partial charge is 0.0260 e. The van der Waals surface area contributed by atoms with Crippen molar-refractivity contribution in [2.24, 2.45) is 0 Å². The van der Waals surface area contributed by atoms with E-state index in [0.717, 1.165) is 4.43 Å². The molecular weight excluding hydrogens is 350 g/mol. The molecule has 0 radical (unpaired) electrons. The topological polar surface area (TPSA) is 0 Å². The summed E-state index contributed by atoms with van der Waals surface area (Å²) in [7, 11) is 0. The molecule has 0 saturated heterocycles. The summed E-state index contributed by atoms with van der Waals surface area (Å²) in [5.74, 6) is 0. The average molecular weight is 358 g/mol. The van der Waals surface area contributed by atoms with Crippen molar-refractivity contribution in [3.8, 4) is 0 Å². The molecular formula is C8H8I2. The van der Waals surface area contributed by atoms with Gasteiger partial charge in [0.15, 0.2) is 0 Å². The Kier molecular flexibility index (Phi) is 3.42. The maximum atomic E-state index is 2.40. The van der Waals surface area contributed by atoms with E-state index in [0.29, 0.717) is 0 Å². The summed E-state index contributed by atoms with van der Waals surface area (Å²) in [6, 6.07) is 6.42. The average Bonchev–Trinajstić information content (AvgIpc) is 1.88. The molecule has 0 aromatic heterocycles. The third-order valence-corrected chi connectivity index (χ3v) is 3.26. The Morgan fingerprint density at radius 1 is 1.40 bits per heavy atom. The molecule has 0 saturated carbocycles. The highest BCUT2D eigenvalue weighted by atomic mass is 127. The molecule has 0 aliphatic carbocycles. The van der Waals surface area contributed by atoms with Gasteiger partial charge in [-0.1, -0.05) is 34.7 Å². The number of hydrogen-bond acceptors (Lipinski definition) is 0. The predicted molar refractivity (Wildman–Crippen MR) is 61.6 cm³/mol. The normalized spacial score (nSPS) is 9.90. The van der Waals surface area contributed by atoms with Crippen LogP contribution in [0, 0.1) is 10.5 Å². The van der Waals surface area contributed by atoms with E-state index in [1.165, 1.54) is 14.7 Å². The zero-order valence-corrected chi connectivity index (χ0v) is 10.0. The summed E-state index contributed by atoms with van der Waals surface area (Å²) < 4.78 is 2.50. The molecule has 0 amide bonds. The molecule has 0 aliphatic heterocycles. The minimum absolute atomic E-state index is 1.11. The summed E-state index contributed by atoms with van der Waals surface area (Å²) in [6.07, 6.45) is 0. The number of aryl methyl sites for hydroxylation is 1. The van der Waals surface area contributed by atoms with Crippen LogP contribution >= 0.6 is 45.2 Å². The molecule has 0 fully saturated rings. The second kappa shape index (κ2) is 3.90. The molecule has 2 heteroatoms. The van der Waals surface area contributed by atoms with E-state index in [9.17, 15) is 0 Å². The molecule has 1 rings (SSSR count). The summed E-state index contributed by atoms with van der Waals surface area (Å²) in [6.45, 7) is 2.16. The third kappa shape index (κ3) is 1.84. The Morgan fingerprint density at radius 3 is 2.50 bits per heavy atom. The molecule has 0 spiro atoms. The Hall–Kier alpha value is 0.680. The lowest BCUT2D eigenvalue weighted by molar-refractivity contribution is 1.30. The highest BCUT2D eigenvalue weighted by Gasteiger charge is 1.98. The van der Waals surface area contributed by atoms with Gasteiger partial charge < -0.3 is 0 Å². The summed E-state index contributed by atoms with van der Waals surface area (Å²) in [5, 5.41) is 0. The first-order valence-electron chi connectivity index (χ1n) is 3.05. The first kappa shape index (κ1) is 8.77. The molecule has 0 heterocycles. The maximum Gasteiger partial charge on any atom is 0.0260 e. The maximum absolute atomic E-state index is 2.40. The minimum atomic E-state index is 1.11. The number of hydrogen-bond donors (Lipinski definition) is 0. The first-order valence-corrected chi connectivity index (χ1v) is 5.66. The largest absolute Gasteiger partial charge is 0.0811 e. The van der Waals surface area contributed by atoms with E-state index in [2.05, 4.69) is 70.3 Å². The molecule has 0 bridgehead atoms. The number of benzene rings is 1. The lowest BCUT2D eigenvalue weighted by Crippen LogP contribution is -1.87. The molecule has 0 aliphatic rings. The van der Waals surface area contributed by atoms with Crippen molar-refractivity contribution in [3.05, 3.63) is 32.9 Å². The molecule has 0 nitrogen and oxygen atoms in total. The fourth-order valence-corrected chi connectivity index (χ4v) is 3.40. The lowest BCUT2D eigenvalue weighted by Gasteiger charge is -2.02. The predicted octanol–water partition coefficient (Wildman–Crippen LogP) is 3.53. The lowest BCUT2D eigenvalue weighted by atomic mass is 10.1. The Bertz CT molecular complexity index is 210. The quantitative estimate of drug-likeness (QED) is 0.532. The molecule has 0 N–H and O–H groups in total. The van der Waals surface area contributed by atoms with Gasteiger partial charge in [-0.15, -0.1) is 0 Å². The van der Waals surface area contributed by atoms with Crippen LogP contribution in [0.4, 0.5) is 0 Å². The van der Waals surface area contributed by atoms with Crippen molar-refractivity contribution in [1.29, 1.82) is 0 Å². The van der Waals surface area contributed by atoms with Gasteiger partial charge in [-0.25, -0.2) is 0 Å². The van der Waals surface area contributed by atoms with Crippen LogP contribution in [0.1, 0.15) is 11.1 Å². The van der Waals surface area contributed by atoms with Gasteiger partial charge in [0.2, 0.25) is 0 Å². The van der Waals surface area contributed by atoms with Crippen molar-refractivity contribution in [3.63, 3.8) is 0 Å². The zero-order valence-electron chi connectivity index (χ0n) is 5.70. The second-order valence-corrected chi connectivity index (χ2v) is 4.09. The van der Waals surface area contributed by atoms with E-state index in [1.54, 1.807) is 0 Å². The fraction of sp³-hybridized carbons (Fsp3) is 0.250. The summed E-state index contributed by atoms with van der Waals surface area (Å²) >= 11 is 4.78. The van der Waals surface area contributed by atoms with Gasteiger partial charge in [0.1, 0.15) is 0 Å². The van der Waals surface area contributed by atoms with Gasteiger partial charge in [0, 0.05) is 8.00 Å². The van der Waals surface area contributed by atoms with Crippen LogP contribution in [-0.4, -0.2) is 0 Å². The summed E-state index contributed by atoms with van der Waals surface area (Å²) in [4.78, 5) is 0. The number of rotatable bonds is 1. The third-order valence-electron chi connectivity index (χ3n) is 1.49. The SMILES string of the molecule is Cc1cccc(I)c1CI. The number of halogens is 2. The van der Waals surface area contributed by atoms with Crippen LogP contribution in [0.3, 0.4) is 0 Å². The Labute approximate surface area is 88.7 Å². The van der Waals surface area contributed by atoms with Gasteiger partial charge in [-0.05, 0) is 46.7 Å². The summed E-state index contributed by atoms with van der Waals surface area (Å²) in [5.41, 5.74) is 2.88. The first-order chi connectivity index (χ1) is 4.75. The van der Waals surface area contributed by atoms with E-state index in [4.69, 9.17) is 0 Å². The number of alkyl halides is 1. The van der Waals surface area contributed by atoms with Gasteiger partial charge in [-0.2, -0.15) is 0 Å². The highest BCUT2D eigenvalue weighted by molar-refractivity contribution is 14.1. The standard InChI is InChI=1S/C8H8I2/c1-6-3-2-4-8(10)7(6)5-9/h2-4H,5H2,1H3. The Morgan fingerprint density at radius 2 is 2.10 bits per heavy atom. The zero-order chi connectivity index (χ0) is 7.56. The van der Waals surface area contributed by atoms with Gasteiger partial charge in [0.05, 0.1) is 0 Å². The molecule has 10 heavy (non-hydrogen) atoms. The molecule has 1 aromatic carbocycles.